The molecule has 164 valence electrons. The number of aryl methyl sites for hydroxylation is 2. The second-order valence-electron chi connectivity index (χ2n) is 7.84. The molecule has 3 aromatic carbocycles. The van der Waals surface area contributed by atoms with Crippen molar-refractivity contribution in [2.75, 3.05) is 7.11 Å². The Kier molecular flexibility index (Phi) is 4.98. The van der Waals surface area contributed by atoms with E-state index in [1.165, 1.54) is 6.07 Å². The minimum atomic E-state index is -0.506. The van der Waals surface area contributed by atoms with E-state index in [0.29, 0.717) is 50.5 Å². The maximum absolute atomic E-state index is 12.7. The van der Waals surface area contributed by atoms with Gasteiger partial charge in [-0.25, -0.2) is 9.59 Å². The van der Waals surface area contributed by atoms with E-state index >= 15 is 0 Å². The summed E-state index contributed by atoms with van der Waals surface area (Å²) in [7, 11) is 1.57. The molecule has 0 aliphatic heterocycles. The summed E-state index contributed by atoms with van der Waals surface area (Å²) in [5.74, 6) is 0.975. The van der Waals surface area contributed by atoms with E-state index in [0.717, 1.165) is 10.9 Å². The zero-order valence-electron chi connectivity index (χ0n) is 18.3. The van der Waals surface area contributed by atoms with E-state index < -0.39 is 11.6 Å². The van der Waals surface area contributed by atoms with Crippen LogP contribution in [-0.2, 0) is 0 Å². The minimum absolute atomic E-state index is 0.372. The number of furan rings is 1. The largest absolute Gasteiger partial charge is 0.493 e. The van der Waals surface area contributed by atoms with Gasteiger partial charge in [0, 0.05) is 22.4 Å². The Morgan fingerprint density at radius 3 is 2.42 bits per heavy atom. The number of para-hydroxylation sites is 1. The van der Waals surface area contributed by atoms with E-state index in [-0.39, 0.29) is 0 Å². The van der Waals surface area contributed by atoms with E-state index in [2.05, 4.69) is 0 Å². The van der Waals surface area contributed by atoms with Crippen LogP contribution in [0.5, 0.6) is 11.5 Å². The Bertz CT molecular complexity index is 1570. The van der Waals surface area contributed by atoms with Crippen molar-refractivity contribution in [3.8, 4) is 22.8 Å². The van der Waals surface area contributed by atoms with Crippen LogP contribution in [0.3, 0.4) is 0 Å². The van der Waals surface area contributed by atoms with Crippen LogP contribution in [0.4, 0.5) is 0 Å². The van der Waals surface area contributed by atoms with Gasteiger partial charge < -0.3 is 18.3 Å². The Morgan fingerprint density at radius 1 is 0.879 bits per heavy atom. The van der Waals surface area contributed by atoms with Crippen molar-refractivity contribution in [1.82, 2.24) is 0 Å². The van der Waals surface area contributed by atoms with E-state index in [1.54, 1.807) is 44.4 Å². The van der Waals surface area contributed by atoms with E-state index in [4.69, 9.17) is 18.3 Å². The molecule has 5 rings (SSSR count). The molecule has 0 unspecified atom stereocenters. The highest BCUT2D eigenvalue weighted by Crippen LogP contribution is 2.37. The van der Waals surface area contributed by atoms with Gasteiger partial charge in [-0.15, -0.1) is 0 Å². The average Bonchev–Trinajstić information content (AvgIpc) is 3.24. The first-order valence-corrected chi connectivity index (χ1v) is 10.4. The summed E-state index contributed by atoms with van der Waals surface area (Å²) in [5, 5.41) is 1.42. The van der Waals surface area contributed by atoms with Crippen molar-refractivity contribution < 1.29 is 23.1 Å². The quantitative estimate of drug-likeness (QED) is 0.192. The second-order valence-corrected chi connectivity index (χ2v) is 7.84. The van der Waals surface area contributed by atoms with Crippen molar-refractivity contribution in [3.63, 3.8) is 0 Å². The Labute approximate surface area is 189 Å². The van der Waals surface area contributed by atoms with Crippen LogP contribution in [-0.4, -0.2) is 13.1 Å². The lowest BCUT2D eigenvalue weighted by molar-refractivity contribution is 0.0733. The number of carbonyl (C=O) groups is 1. The second kappa shape index (κ2) is 7.98. The standard InChI is InChI=1S/C27H20O6/c1-15-7-9-17(10-8-15)27(29)33-22-13-19-20(14-25(28)31-23(19)11-16(22)2)24-12-18-5-4-6-21(30-3)26(18)32-24/h4-14H,1-3H3. The van der Waals surface area contributed by atoms with Crippen molar-refractivity contribution in [2.24, 2.45) is 0 Å². The molecule has 0 atom stereocenters. The van der Waals surface area contributed by atoms with Gasteiger partial charge in [-0.3, -0.25) is 0 Å². The summed E-state index contributed by atoms with van der Waals surface area (Å²) in [5.41, 5.74) is 3.14. The number of hydrogen-bond acceptors (Lipinski definition) is 6. The number of ether oxygens (including phenoxy) is 2. The smallest absolute Gasteiger partial charge is 0.343 e. The first-order chi connectivity index (χ1) is 15.9. The lowest BCUT2D eigenvalue weighted by atomic mass is 10.0. The third kappa shape index (κ3) is 3.76. The number of rotatable bonds is 4. The van der Waals surface area contributed by atoms with Crippen LogP contribution < -0.4 is 15.1 Å². The summed E-state index contributed by atoms with van der Waals surface area (Å²) in [6.07, 6.45) is 0. The average molecular weight is 440 g/mol. The molecular formula is C27H20O6. The minimum Gasteiger partial charge on any atom is -0.493 e. The van der Waals surface area contributed by atoms with Crippen LogP contribution >= 0.6 is 0 Å². The predicted octanol–water partition coefficient (Wildman–Crippen LogP) is 6.05. The van der Waals surface area contributed by atoms with Crippen molar-refractivity contribution in [2.45, 2.75) is 13.8 Å². The molecule has 0 bridgehead atoms. The summed E-state index contributed by atoms with van der Waals surface area (Å²) in [6.45, 7) is 3.74. The van der Waals surface area contributed by atoms with Gasteiger partial charge in [0.15, 0.2) is 11.3 Å². The fourth-order valence-electron chi connectivity index (χ4n) is 3.78. The number of esters is 1. The van der Waals surface area contributed by atoms with Gasteiger partial charge in [-0.2, -0.15) is 0 Å². The van der Waals surface area contributed by atoms with Crippen LogP contribution in [0.15, 0.2) is 80.4 Å². The molecule has 0 aliphatic rings. The maximum Gasteiger partial charge on any atom is 0.343 e. The molecule has 5 aromatic rings. The molecule has 0 saturated carbocycles. The highest BCUT2D eigenvalue weighted by atomic mass is 16.5. The number of hydrogen-bond donors (Lipinski definition) is 0. The van der Waals surface area contributed by atoms with Gasteiger partial charge in [-0.05, 0) is 55.8 Å². The number of methoxy groups -OCH3 is 1. The van der Waals surface area contributed by atoms with Gasteiger partial charge >= 0.3 is 11.6 Å². The molecule has 0 amide bonds. The molecule has 2 heterocycles. The van der Waals surface area contributed by atoms with E-state index in [1.807, 2.05) is 37.3 Å². The lowest BCUT2D eigenvalue weighted by Gasteiger charge is -2.10. The zero-order valence-corrected chi connectivity index (χ0v) is 18.3. The fraction of sp³-hybridized carbons (Fsp3) is 0.111. The van der Waals surface area contributed by atoms with Crippen molar-refractivity contribution >= 4 is 27.9 Å². The maximum atomic E-state index is 12.7. The van der Waals surface area contributed by atoms with Crippen LogP contribution in [0, 0.1) is 13.8 Å². The lowest BCUT2D eigenvalue weighted by Crippen LogP contribution is -2.09. The Balaban J connectivity index is 1.63. The summed E-state index contributed by atoms with van der Waals surface area (Å²) < 4.78 is 22.5. The van der Waals surface area contributed by atoms with E-state index in [9.17, 15) is 9.59 Å². The third-order valence-corrected chi connectivity index (χ3v) is 5.52. The summed E-state index contributed by atoms with van der Waals surface area (Å²) in [4.78, 5) is 25.0. The Hall–Kier alpha value is -4.32. The molecule has 0 N–H and O–H groups in total. The monoisotopic (exact) mass is 440 g/mol. The van der Waals surface area contributed by atoms with Crippen molar-refractivity contribution in [1.29, 1.82) is 0 Å². The summed E-state index contributed by atoms with van der Waals surface area (Å²) in [6, 6.07) is 19.3. The molecule has 0 aliphatic carbocycles. The molecule has 0 fully saturated rings. The molecule has 0 radical (unpaired) electrons. The first-order valence-electron chi connectivity index (χ1n) is 10.4. The van der Waals surface area contributed by atoms with Gasteiger partial charge in [0.1, 0.15) is 17.1 Å². The van der Waals surface area contributed by atoms with Gasteiger partial charge in [-0.1, -0.05) is 29.8 Å². The number of carbonyl (C=O) groups excluding carboxylic acids is 1. The SMILES string of the molecule is COc1cccc2cc(-c3cc(=O)oc4cc(C)c(OC(=O)c5ccc(C)cc5)cc34)oc12. The molecule has 6 nitrogen and oxygen atoms in total. The molecule has 2 aromatic heterocycles. The molecule has 33 heavy (non-hydrogen) atoms. The number of benzene rings is 3. The third-order valence-electron chi connectivity index (χ3n) is 5.52. The van der Waals surface area contributed by atoms with Crippen molar-refractivity contribution in [3.05, 3.63) is 93.8 Å². The number of fused-ring (bicyclic) bond motifs is 2. The molecule has 6 heteroatoms. The molecular weight excluding hydrogens is 420 g/mol. The zero-order chi connectivity index (χ0) is 23.1. The van der Waals surface area contributed by atoms with Crippen LogP contribution in [0.25, 0.3) is 33.3 Å². The van der Waals surface area contributed by atoms with Gasteiger partial charge in [0.2, 0.25) is 0 Å². The van der Waals surface area contributed by atoms with Crippen LogP contribution in [0.1, 0.15) is 21.5 Å². The summed E-state index contributed by atoms with van der Waals surface area (Å²) >= 11 is 0. The Morgan fingerprint density at radius 2 is 1.67 bits per heavy atom. The highest BCUT2D eigenvalue weighted by Gasteiger charge is 2.18. The predicted molar refractivity (Wildman–Crippen MR) is 125 cm³/mol. The normalized spacial score (nSPS) is 11.1. The van der Waals surface area contributed by atoms with Gasteiger partial charge in [0.25, 0.3) is 0 Å². The first kappa shape index (κ1) is 20.6. The molecule has 0 spiro atoms. The fourth-order valence-corrected chi connectivity index (χ4v) is 3.78. The van der Waals surface area contributed by atoms with Gasteiger partial charge in [0.05, 0.1) is 12.7 Å². The van der Waals surface area contributed by atoms with Crippen LogP contribution in [0.2, 0.25) is 0 Å². The molecule has 0 saturated heterocycles. The topological polar surface area (TPSA) is 78.9 Å². The highest BCUT2D eigenvalue weighted by molar-refractivity contribution is 5.97.